The Hall–Kier alpha value is -2.19. The lowest BCUT2D eigenvalue weighted by Crippen LogP contribution is -2.43. The van der Waals surface area contributed by atoms with Crippen LogP contribution in [-0.2, 0) is 12.7 Å². The predicted molar refractivity (Wildman–Crippen MR) is 72.0 cm³/mol. The van der Waals surface area contributed by atoms with E-state index in [0.717, 1.165) is 31.5 Å². The number of aromatic nitrogens is 5. The van der Waals surface area contributed by atoms with E-state index in [-0.39, 0.29) is 12.0 Å². The maximum Gasteiger partial charge on any atom is 0.433 e. The van der Waals surface area contributed by atoms with Crippen LogP contribution in [0.25, 0.3) is 0 Å². The third-order valence-corrected chi connectivity index (χ3v) is 3.68. The Bertz CT molecular complexity index is 612. The average molecular weight is 312 g/mol. The summed E-state index contributed by atoms with van der Waals surface area (Å²) in [5.41, 5.74) is -0.914. The number of halogens is 3. The quantitative estimate of drug-likeness (QED) is 0.869. The van der Waals surface area contributed by atoms with Gasteiger partial charge < -0.3 is 4.90 Å². The standard InChI is InChI=1S/C13H15F3N6/c14-13(15,16)11-4-5-18-12(20-11)22-6-2-1-3-10(22)7-21-9-17-8-19-21/h4-5,8-10H,1-3,6-7H2/t10-/m1/s1. The maximum absolute atomic E-state index is 12.8. The van der Waals surface area contributed by atoms with Crippen molar-refractivity contribution in [1.29, 1.82) is 0 Å². The van der Waals surface area contributed by atoms with Gasteiger partial charge in [-0.2, -0.15) is 18.3 Å². The zero-order valence-corrected chi connectivity index (χ0v) is 11.7. The second-order valence-corrected chi connectivity index (χ2v) is 5.20. The van der Waals surface area contributed by atoms with Gasteiger partial charge >= 0.3 is 6.18 Å². The molecule has 1 atom stereocenters. The fourth-order valence-electron chi connectivity index (χ4n) is 2.64. The van der Waals surface area contributed by atoms with Crippen molar-refractivity contribution in [2.45, 2.75) is 38.0 Å². The lowest BCUT2D eigenvalue weighted by Gasteiger charge is -2.35. The SMILES string of the molecule is FC(F)(F)c1ccnc(N2CCCC[C@@H]2Cn2cncn2)n1. The van der Waals surface area contributed by atoms with Gasteiger partial charge in [0.2, 0.25) is 5.95 Å². The molecule has 6 nitrogen and oxygen atoms in total. The molecule has 0 amide bonds. The molecule has 0 spiro atoms. The van der Waals surface area contributed by atoms with Crippen LogP contribution in [0.4, 0.5) is 19.1 Å². The molecule has 9 heteroatoms. The van der Waals surface area contributed by atoms with Crippen molar-refractivity contribution in [3.63, 3.8) is 0 Å². The summed E-state index contributed by atoms with van der Waals surface area (Å²) in [7, 11) is 0. The van der Waals surface area contributed by atoms with Crippen LogP contribution in [0.15, 0.2) is 24.9 Å². The van der Waals surface area contributed by atoms with Gasteiger partial charge in [-0.05, 0) is 25.3 Å². The van der Waals surface area contributed by atoms with Gasteiger partial charge in [0, 0.05) is 12.7 Å². The fourth-order valence-corrected chi connectivity index (χ4v) is 2.64. The van der Waals surface area contributed by atoms with E-state index in [1.165, 1.54) is 6.33 Å². The van der Waals surface area contributed by atoms with Gasteiger partial charge in [-0.15, -0.1) is 0 Å². The molecule has 1 aliphatic heterocycles. The first-order valence-electron chi connectivity index (χ1n) is 7.03. The molecule has 0 bridgehead atoms. The van der Waals surface area contributed by atoms with Crippen LogP contribution in [0.5, 0.6) is 0 Å². The summed E-state index contributed by atoms with van der Waals surface area (Å²) in [4.78, 5) is 13.4. The first kappa shape index (κ1) is 14.7. The Balaban J connectivity index is 1.84. The monoisotopic (exact) mass is 312 g/mol. The zero-order valence-electron chi connectivity index (χ0n) is 11.7. The zero-order chi connectivity index (χ0) is 15.6. The van der Waals surface area contributed by atoms with E-state index in [2.05, 4.69) is 20.1 Å². The molecular weight excluding hydrogens is 297 g/mol. The van der Waals surface area contributed by atoms with Crippen molar-refractivity contribution >= 4 is 5.95 Å². The van der Waals surface area contributed by atoms with Crippen LogP contribution in [-0.4, -0.2) is 37.3 Å². The normalized spacial score (nSPS) is 19.4. The fraction of sp³-hybridized carbons (Fsp3) is 0.538. The van der Waals surface area contributed by atoms with Gasteiger partial charge in [0.1, 0.15) is 18.3 Å². The number of rotatable bonds is 3. The van der Waals surface area contributed by atoms with E-state index in [1.807, 2.05) is 4.90 Å². The molecule has 2 aromatic rings. The number of nitrogens with zero attached hydrogens (tertiary/aromatic N) is 6. The lowest BCUT2D eigenvalue weighted by atomic mass is 10.0. The minimum Gasteiger partial charge on any atom is -0.336 e. The minimum atomic E-state index is -4.46. The van der Waals surface area contributed by atoms with Crippen LogP contribution in [0.1, 0.15) is 25.0 Å². The van der Waals surface area contributed by atoms with E-state index < -0.39 is 11.9 Å². The van der Waals surface area contributed by atoms with E-state index in [9.17, 15) is 13.2 Å². The van der Waals surface area contributed by atoms with Crippen molar-refractivity contribution < 1.29 is 13.2 Å². The summed E-state index contributed by atoms with van der Waals surface area (Å²) in [5.74, 6) is 0.125. The van der Waals surface area contributed by atoms with Crippen molar-refractivity contribution in [3.8, 4) is 0 Å². The molecule has 0 aromatic carbocycles. The summed E-state index contributed by atoms with van der Waals surface area (Å²) < 4.78 is 40.1. The lowest BCUT2D eigenvalue weighted by molar-refractivity contribution is -0.141. The number of alkyl halides is 3. The summed E-state index contributed by atoms with van der Waals surface area (Å²) in [5, 5.41) is 4.05. The Labute approximate surface area is 125 Å². The van der Waals surface area contributed by atoms with E-state index in [1.54, 1.807) is 11.0 Å². The Kier molecular flexibility index (Phi) is 3.95. The summed E-state index contributed by atoms with van der Waals surface area (Å²) in [6.45, 7) is 1.19. The van der Waals surface area contributed by atoms with Gasteiger partial charge in [0.15, 0.2) is 0 Å². The van der Waals surface area contributed by atoms with Crippen molar-refractivity contribution in [2.75, 3.05) is 11.4 Å². The summed E-state index contributed by atoms with van der Waals surface area (Å²) >= 11 is 0. The van der Waals surface area contributed by atoms with Gasteiger partial charge in [-0.3, -0.25) is 4.68 Å². The molecule has 1 saturated heterocycles. The third-order valence-electron chi connectivity index (χ3n) is 3.68. The highest BCUT2D eigenvalue weighted by Gasteiger charge is 2.34. The molecule has 0 aliphatic carbocycles. The number of hydrogen-bond acceptors (Lipinski definition) is 5. The van der Waals surface area contributed by atoms with Crippen LogP contribution < -0.4 is 4.90 Å². The molecule has 118 valence electrons. The molecule has 0 radical (unpaired) electrons. The number of piperidine rings is 1. The molecule has 0 saturated carbocycles. The highest BCUT2D eigenvalue weighted by Crippen LogP contribution is 2.29. The Morgan fingerprint density at radius 1 is 1.27 bits per heavy atom. The molecule has 0 N–H and O–H groups in total. The van der Waals surface area contributed by atoms with Crippen molar-refractivity contribution in [1.82, 2.24) is 24.7 Å². The second-order valence-electron chi connectivity index (χ2n) is 5.20. The predicted octanol–water partition coefficient (Wildman–Crippen LogP) is 2.15. The van der Waals surface area contributed by atoms with Gasteiger partial charge in [-0.1, -0.05) is 0 Å². The van der Waals surface area contributed by atoms with Crippen molar-refractivity contribution in [2.24, 2.45) is 0 Å². The molecule has 3 heterocycles. The summed E-state index contributed by atoms with van der Waals surface area (Å²) in [6.07, 6.45) is 2.52. The molecular formula is C13H15F3N6. The van der Waals surface area contributed by atoms with E-state index >= 15 is 0 Å². The van der Waals surface area contributed by atoms with E-state index in [4.69, 9.17) is 0 Å². The number of hydrogen-bond donors (Lipinski definition) is 0. The topological polar surface area (TPSA) is 59.7 Å². The van der Waals surface area contributed by atoms with Crippen LogP contribution in [0.3, 0.4) is 0 Å². The van der Waals surface area contributed by atoms with Gasteiger partial charge in [-0.25, -0.2) is 15.0 Å². The van der Waals surface area contributed by atoms with Crippen LogP contribution in [0.2, 0.25) is 0 Å². The third kappa shape index (κ3) is 3.18. The molecule has 3 rings (SSSR count). The first-order valence-corrected chi connectivity index (χ1v) is 7.03. The Morgan fingerprint density at radius 3 is 2.86 bits per heavy atom. The average Bonchev–Trinajstić information content (AvgIpc) is 3.00. The highest BCUT2D eigenvalue weighted by molar-refractivity contribution is 5.33. The molecule has 2 aromatic heterocycles. The van der Waals surface area contributed by atoms with Gasteiger partial charge in [0.05, 0.1) is 12.6 Å². The van der Waals surface area contributed by atoms with Gasteiger partial charge in [0.25, 0.3) is 0 Å². The molecule has 0 unspecified atom stereocenters. The van der Waals surface area contributed by atoms with Crippen molar-refractivity contribution in [3.05, 3.63) is 30.6 Å². The smallest absolute Gasteiger partial charge is 0.336 e. The van der Waals surface area contributed by atoms with Crippen LogP contribution >= 0.6 is 0 Å². The molecule has 1 fully saturated rings. The molecule has 22 heavy (non-hydrogen) atoms. The number of anilines is 1. The highest BCUT2D eigenvalue weighted by atomic mass is 19.4. The molecule has 1 aliphatic rings. The summed E-state index contributed by atoms with van der Waals surface area (Å²) in [6, 6.07) is 0.902. The largest absolute Gasteiger partial charge is 0.433 e. The Morgan fingerprint density at radius 2 is 2.14 bits per heavy atom. The van der Waals surface area contributed by atoms with E-state index in [0.29, 0.717) is 13.1 Å². The second kappa shape index (κ2) is 5.90. The first-order chi connectivity index (χ1) is 10.5. The minimum absolute atomic E-state index is 0.0129. The maximum atomic E-state index is 12.8. The van der Waals surface area contributed by atoms with Crippen LogP contribution in [0, 0.1) is 0 Å².